The molecular formula is C7H9N3O2S. The van der Waals surface area contributed by atoms with Gasteiger partial charge in [-0.25, -0.2) is 4.98 Å². The largest absolute Gasteiger partial charge is 0.281 e. The highest BCUT2D eigenvalue weighted by molar-refractivity contribution is 7.13. The summed E-state index contributed by atoms with van der Waals surface area (Å²) < 4.78 is 0. The van der Waals surface area contributed by atoms with Crippen molar-refractivity contribution in [1.29, 1.82) is 0 Å². The van der Waals surface area contributed by atoms with Crippen LogP contribution in [0.1, 0.15) is 21.6 Å². The highest BCUT2D eigenvalue weighted by atomic mass is 32.1. The summed E-state index contributed by atoms with van der Waals surface area (Å²) in [4.78, 5) is 26.0. The molecule has 0 radical (unpaired) electrons. The second-order valence-corrected chi connectivity index (χ2v) is 3.61. The smallest absolute Gasteiger partial charge is 0.274 e. The summed E-state index contributed by atoms with van der Waals surface area (Å²) in [6, 6.07) is 0. The number of rotatable bonds is 1. The molecule has 0 aromatic carbocycles. The Morgan fingerprint density at radius 3 is 2.62 bits per heavy atom. The van der Waals surface area contributed by atoms with Crippen LogP contribution in [0.15, 0.2) is 6.20 Å². The number of hydrogen-bond donors (Lipinski definition) is 2. The fourth-order valence-electron chi connectivity index (χ4n) is 0.673. The van der Waals surface area contributed by atoms with Crippen molar-refractivity contribution in [2.75, 3.05) is 0 Å². The maximum atomic E-state index is 11.2. The average molecular weight is 199 g/mol. The van der Waals surface area contributed by atoms with Crippen LogP contribution in [0.4, 0.5) is 0 Å². The third-order valence-electron chi connectivity index (χ3n) is 1.20. The minimum absolute atomic E-state index is 0.311. The van der Waals surface area contributed by atoms with Crippen molar-refractivity contribution < 1.29 is 9.59 Å². The fourth-order valence-corrected chi connectivity index (χ4v) is 1.35. The van der Waals surface area contributed by atoms with Crippen LogP contribution in [0.5, 0.6) is 0 Å². The van der Waals surface area contributed by atoms with Crippen molar-refractivity contribution in [3.63, 3.8) is 0 Å². The molecule has 0 unspecified atom stereocenters. The van der Waals surface area contributed by atoms with Gasteiger partial charge >= 0.3 is 0 Å². The highest BCUT2D eigenvalue weighted by Crippen LogP contribution is 2.10. The van der Waals surface area contributed by atoms with E-state index in [4.69, 9.17) is 0 Å². The van der Waals surface area contributed by atoms with Crippen molar-refractivity contribution >= 4 is 23.2 Å². The fraction of sp³-hybridized carbons (Fsp3) is 0.286. The summed E-state index contributed by atoms with van der Waals surface area (Å²) >= 11 is 1.27. The monoisotopic (exact) mass is 199 g/mol. The first-order valence-corrected chi connectivity index (χ1v) is 4.40. The molecule has 1 aromatic heterocycles. The van der Waals surface area contributed by atoms with E-state index >= 15 is 0 Å². The predicted molar refractivity (Wildman–Crippen MR) is 48.1 cm³/mol. The molecule has 0 atom stereocenters. The Morgan fingerprint density at radius 2 is 2.15 bits per heavy atom. The van der Waals surface area contributed by atoms with E-state index in [1.807, 2.05) is 0 Å². The Kier molecular flexibility index (Phi) is 2.97. The Morgan fingerprint density at radius 1 is 1.46 bits per heavy atom. The molecule has 0 aliphatic heterocycles. The summed E-state index contributed by atoms with van der Waals surface area (Å²) in [6.07, 6.45) is 1.47. The minimum Gasteiger partial charge on any atom is -0.274 e. The van der Waals surface area contributed by atoms with Gasteiger partial charge in [0.15, 0.2) is 0 Å². The predicted octanol–water partition coefficient (Wildman–Crippen LogP) is 0.232. The zero-order valence-corrected chi connectivity index (χ0v) is 8.07. The van der Waals surface area contributed by atoms with Crippen LogP contribution in [0, 0.1) is 6.92 Å². The second-order valence-electron chi connectivity index (χ2n) is 2.38. The number of aryl methyl sites for hydroxylation is 1. The van der Waals surface area contributed by atoms with Gasteiger partial charge in [-0.15, -0.1) is 11.3 Å². The van der Waals surface area contributed by atoms with E-state index in [9.17, 15) is 9.59 Å². The quantitative estimate of drug-likeness (QED) is 0.636. The lowest BCUT2D eigenvalue weighted by Crippen LogP contribution is -2.39. The van der Waals surface area contributed by atoms with Gasteiger partial charge in [0.2, 0.25) is 5.91 Å². The molecule has 70 valence electrons. The van der Waals surface area contributed by atoms with Crippen LogP contribution in [0.3, 0.4) is 0 Å². The molecule has 13 heavy (non-hydrogen) atoms. The number of hydrazine groups is 1. The van der Waals surface area contributed by atoms with Crippen LogP contribution < -0.4 is 10.9 Å². The van der Waals surface area contributed by atoms with Crippen molar-refractivity contribution in [2.45, 2.75) is 13.8 Å². The van der Waals surface area contributed by atoms with E-state index in [2.05, 4.69) is 15.8 Å². The van der Waals surface area contributed by atoms with E-state index in [1.54, 1.807) is 6.92 Å². The van der Waals surface area contributed by atoms with Gasteiger partial charge in [0.1, 0.15) is 4.88 Å². The van der Waals surface area contributed by atoms with Crippen molar-refractivity contribution in [1.82, 2.24) is 15.8 Å². The minimum atomic E-state index is -0.346. The Labute approximate surface area is 79.1 Å². The molecule has 1 heterocycles. The van der Waals surface area contributed by atoms with Crippen LogP contribution in [0.2, 0.25) is 0 Å². The maximum absolute atomic E-state index is 11.2. The van der Waals surface area contributed by atoms with Crippen LogP contribution in [-0.4, -0.2) is 16.8 Å². The van der Waals surface area contributed by atoms with Crippen molar-refractivity contribution in [2.24, 2.45) is 0 Å². The number of aromatic nitrogens is 1. The van der Waals surface area contributed by atoms with Gasteiger partial charge in [-0.3, -0.25) is 20.4 Å². The number of thiazole rings is 1. The molecule has 0 aliphatic carbocycles. The number of carbonyl (C=O) groups excluding carboxylic acids is 2. The van der Waals surface area contributed by atoms with Gasteiger partial charge in [-0.2, -0.15) is 0 Å². The summed E-state index contributed by atoms with van der Waals surface area (Å²) in [7, 11) is 0. The molecule has 0 spiro atoms. The summed E-state index contributed by atoms with van der Waals surface area (Å²) in [5.41, 5.74) is 4.44. The molecule has 1 rings (SSSR count). The van der Waals surface area contributed by atoms with Crippen LogP contribution in [0.25, 0.3) is 0 Å². The zero-order valence-electron chi connectivity index (χ0n) is 7.25. The molecule has 2 N–H and O–H groups in total. The lowest BCUT2D eigenvalue weighted by Gasteiger charge is -2.01. The van der Waals surface area contributed by atoms with Gasteiger partial charge in [0, 0.05) is 6.92 Å². The van der Waals surface area contributed by atoms with Gasteiger partial charge in [-0.05, 0) is 6.92 Å². The number of carbonyl (C=O) groups is 2. The third kappa shape index (κ3) is 2.83. The van der Waals surface area contributed by atoms with E-state index in [0.717, 1.165) is 5.01 Å². The topological polar surface area (TPSA) is 71.1 Å². The number of nitrogens with zero attached hydrogens (tertiary/aromatic N) is 1. The average Bonchev–Trinajstić information content (AvgIpc) is 2.47. The lowest BCUT2D eigenvalue weighted by molar-refractivity contribution is -0.119. The number of hydrogen-bond acceptors (Lipinski definition) is 4. The number of nitrogens with one attached hydrogen (secondary N) is 2. The molecule has 0 bridgehead atoms. The standard InChI is InChI=1S/C7H9N3O2S/c1-4(11)9-10-7(12)6-3-8-5(2)13-6/h3H,1-2H3,(H,9,11)(H,10,12). The highest BCUT2D eigenvalue weighted by Gasteiger charge is 2.08. The van der Waals surface area contributed by atoms with Gasteiger partial charge in [0.25, 0.3) is 5.91 Å². The SMILES string of the molecule is CC(=O)NNC(=O)c1cnc(C)s1. The molecule has 0 saturated heterocycles. The summed E-state index contributed by atoms with van der Waals surface area (Å²) in [5.74, 6) is -0.657. The molecule has 1 aromatic rings. The summed E-state index contributed by atoms with van der Waals surface area (Å²) in [6.45, 7) is 3.12. The first kappa shape index (κ1) is 9.66. The normalized spacial score (nSPS) is 9.38. The van der Waals surface area contributed by atoms with E-state index in [1.165, 1.54) is 24.5 Å². The summed E-state index contributed by atoms with van der Waals surface area (Å²) in [5, 5.41) is 0.813. The molecule has 0 aliphatic rings. The maximum Gasteiger partial charge on any atom is 0.281 e. The van der Waals surface area contributed by atoms with Gasteiger partial charge in [-0.1, -0.05) is 0 Å². The second kappa shape index (κ2) is 3.99. The Hall–Kier alpha value is -1.43. The molecule has 0 fully saturated rings. The molecule has 0 saturated carbocycles. The van der Waals surface area contributed by atoms with E-state index < -0.39 is 0 Å². The molecule has 5 nitrogen and oxygen atoms in total. The molecule has 2 amide bonds. The first-order valence-electron chi connectivity index (χ1n) is 3.59. The van der Waals surface area contributed by atoms with Crippen molar-refractivity contribution in [3.8, 4) is 0 Å². The molecular weight excluding hydrogens is 190 g/mol. The van der Waals surface area contributed by atoms with Crippen LogP contribution >= 0.6 is 11.3 Å². The van der Waals surface area contributed by atoms with Gasteiger partial charge < -0.3 is 0 Å². The molecule has 6 heteroatoms. The zero-order chi connectivity index (χ0) is 9.84. The van der Waals surface area contributed by atoms with E-state index in [0.29, 0.717) is 4.88 Å². The lowest BCUT2D eigenvalue weighted by atomic mass is 10.5. The van der Waals surface area contributed by atoms with Gasteiger partial charge in [0.05, 0.1) is 11.2 Å². The van der Waals surface area contributed by atoms with E-state index in [-0.39, 0.29) is 11.8 Å². The van der Waals surface area contributed by atoms with Crippen molar-refractivity contribution in [3.05, 3.63) is 16.1 Å². The van der Waals surface area contributed by atoms with Crippen LogP contribution in [-0.2, 0) is 4.79 Å². The Bertz CT molecular complexity index is 334. The third-order valence-corrected chi connectivity index (χ3v) is 2.11. The Balaban J connectivity index is 2.54. The number of amides is 2. The first-order chi connectivity index (χ1) is 6.09.